The Morgan fingerprint density at radius 1 is 1.21 bits per heavy atom. The highest BCUT2D eigenvalue weighted by atomic mass is 16.6. The molecule has 0 aliphatic carbocycles. The monoisotopic (exact) mass is 374 g/mol. The van der Waals surface area contributed by atoms with Crippen molar-refractivity contribution in [2.75, 3.05) is 5.32 Å². The molecule has 0 bridgehead atoms. The highest BCUT2D eigenvalue weighted by Gasteiger charge is 2.16. The fourth-order valence-corrected chi connectivity index (χ4v) is 3.31. The number of nitro groups is 1. The van der Waals surface area contributed by atoms with Gasteiger partial charge in [0.05, 0.1) is 16.8 Å². The minimum atomic E-state index is -0.455. The van der Waals surface area contributed by atoms with Gasteiger partial charge in [-0.1, -0.05) is 12.1 Å². The third-order valence-corrected chi connectivity index (χ3v) is 4.68. The van der Waals surface area contributed by atoms with Gasteiger partial charge in [0.1, 0.15) is 5.82 Å². The summed E-state index contributed by atoms with van der Waals surface area (Å²) in [6, 6.07) is 13.7. The van der Waals surface area contributed by atoms with Gasteiger partial charge in [0.25, 0.3) is 5.69 Å². The molecule has 3 aromatic rings. The Labute approximate surface area is 161 Å². The largest absolute Gasteiger partial charge is 0.328 e. The molecule has 0 radical (unpaired) electrons. The number of benzene rings is 2. The van der Waals surface area contributed by atoms with Crippen LogP contribution in [0.3, 0.4) is 0 Å². The number of aromatic nitrogens is 2. The van der Waals surface area contributed by atoms with Crippen molar-refractivity contribution in [3.63, 3.8) is 0 Å². The van der Waals surface area contributed by atoms with E-state index in [1.54, 1.807) is 18.2 Å². The lowest BCUT2D eigenvalue weighted by atomic mass is 10.1. The van der Waals surface area contributed by atoms with Crippen molar-refractivity contribution in [3.05, 3.63) is 82.3 Å². The van der Waals surface area contributed by atoms with Gasteiger partial charge >= 0.3 is 0 Å². The zero-order valence-corrected chi connectivity index (χ0v) is 15.0. The van der Waals surface area contributed by atoms with Crippen LogP contribution in [0.15, 0.2) is 60.8 Å². The van der Waals surface area contributed by atoms with Crippen LogP contribution < -0.4 is 5.32 Å². The predicted octanol–water partition coefficient (Wildman–Crippen LogP) is 4.06. The molecule has 1 N–H and O–H groups in total. The highest BCUT2D eigenvalue weighted by Crippen LogP contribution is 2.27. The predicted molar refractivity (Wildman–Crippen MR) is 107 cm³/mol. The number of aryl methyl sites for hydroxylation is 1. The highest BCUT2D eigenvalue weighted by molar-refractivity contribution is 6.02. The number of amides is 1. The van der Waals surface area contributed by atoms with Crippen LogP contribution in [0.4, 0.5) is 11.4 Å². The van der Waals surface area contributed by atoms with Gasteiger partial charge < -0.3 is 9.88 Å². The van der Waals surface area contributed by atoms with Crippen LogP contribution >= 0.6 is 0 Å². The molecule has 4 rings (SSSR count). The first kappa shape index (κ1) is 17.7. The quantitative estimate of drug-likeness (QED) is 0.414. The maximum atomic E-state index is 12.2. The number of nitrogens with one attached hydrogen (secondary N) is 1. The van der Waals surface area contributed by atoms with Crippen molar-refractivity contribution < 1.29 is 9.72 Å². The van der Waals surface area contributed by atoms with E-state index >= 15 is 0 Å². The van der Waals surface area contributed by atoms with E-state index in [0.717, 1.165) is 36.5 Å². The van der Waals surface area contributed by atoms with E-state index in [-0.39, 0.29) is 11.6 Å². The van der Waals surface area contributed by atoms with Gasteiger partial charge in [-0.05, 0) is 42.3 Å². The molecular weight excluding hydrogens is 356 g/mol. The molecular formula is C21H18N4O3. The molecule has 0 saturated heterocycles. The fourth-order valence-electron chi connectivity index (χ4n) is 3.31. The molecule has 28 heavy (non-hydrogen) atoms. The average Bonchev–Trinajstić information content (AvgIpc) is 3.30. The van der Waals surface area contributed by atoms with Crippen LogP contribution in [-0.2, 0) is 17.8 Å². The first-order valence-electron chi connectivity index (χ1n) is 8.98. The first-order chi connectivity index (χ1) is 13.6. The lowest BCUT2D eigenvalue weighted by Crippen LogP contribution is -2.07. The molecule has 1 aliphatic heterocycles. The molecule has 0 fully saturated rings. The molecule has 1 aromatic heterocycles. The van der Waals surface area contributed by atoms with Gasteiger partial charge in [-0.25, -0.2) is 4.98 Å². The van der Waals surface area contributed by atoms with Gasteiger partial charge in [0.2, 0.25) is 5.91 Å². The third-order valence-electron chi connectivity index (χ3n) is 4.68. The number of non-ortho nitro benzene ring substituents is 1. The van der Waals surface area contributed by atoms with E-state index < -0.39 is 4.92 Å². The Morgan fingerprint density at radius 3 is 2.82 bits per heavy atom. The number of imidazole rings is 1. The van der Waals surface area contributed by atoms with Crippen LogP contribution in [-0.4, -0.2) is 20.4 Å². The van der Waals surface area contributed by atoms with Crippen molar-refractivity contribution in [3.8, 4) is 11.3 Å². The van der Waals surface area contributed by atoms with E-state index in [2.05, 4.69) is 14.9 Å². The summed E-state index contributed by atoms with van der Waals surface area (Å²) < 4.78 is 2.22. The smallest absolute Gasteiger partial charge is 0.269 e. The summed E-state index contributed by atoms with van der Waals surface area (Å²) in [5, 5.41) is 13.5. The number of carbonyl (C=O) groups excluding carboxylic acids is 1. The molecule has 1 amide bonds. The van der Waals surface area contributed by atoms with Crippen LogP contribution in [0, 0.1) is 10.1 Å². The first-order valence-corrected chi connectivity index (χ1v) is 8.98. The van der Waals surface area contributed by atoms with Crippen molar-refractivity contribution >= 4 is 23.4 Å². The maximum Gasteiger partial charge on any atom is 0.269 e. The molecule has 2 aromatic carbocycles. The van der Waals surface area contributed by atoms with E-state index in [4.69, 9.17) is 0 Å². The molecule has 0 spiro atoms. The van der Waals surface area contributed by atoms with Crippen molar-refractivity contribution in [1.82, 2.24) is 9.55 Å². The van der Waals surface area contributed by atoms with Gasteiger partial charge in [0, 0.05) is 42.4 Å². The molecule has 140 valence electrons. The minimum absolute atomic E-state index is 0.0183. The molecule has 2 heterocycles. The number of nitro benzene ring substituents is 1. The molecule has 7 nitrogen and oxygen atoms in total. The topological polar surface area (TPSA) is 90.1 Å². The fraction of sp³-hybridized carbons (Fsp3) is 0.143. The van der Waals surface area contributed by atoms with Crippen molar-refractivity contribution in [1.29, 1.82) is 0 Å². The summed E-state index contributed by atoms with van der Waals surface area (Å²) in [6.07, 6.45) is 7.02. The SMILES string of the molecule is O=C(/C=C/c1ccc([N+](=O)[O-])cc1)Nc1cccc(-c2cnc3n2CCC3)c1. The third kappa shape index (κ3) is 3.68. The number of hydrogen-bond acceptors (Lipinski definition) is 4. The van der Waals surface area contributed by atoms with Gasteiger partial charge in [-0.3, -0.25) is 14.9 Å². The number of hydrogen-bond donors (Lipinski definition) is 1. The standard InChI is InChI=1S/C21H18N4O3/c26-21(11-8-15-6-9-18(10-7-15)25(27)28)23-17-4-1-3-16(13-17)19-14-22-20-5-2-12-24(19)20/h1,3-4,6-11,13-14H,2,5,12H2,(H,23,26)/b11-8+. The second-order valence-corrected chi connectivity index (χ2v) is 6.57. The maximum absolute atomic E-state index is 12.2. The molecule has 1 aliphatic rings. The van der Waals surface area contributed by atoms with Crippen LogP contribution in [0.2, 0.25) is 0 Å². The number of rotatable bonds is 5. The number of fused-ring (bicyclic) bond motifs is 1. The zero-order valence-electron chi connectivity index (χ0n) is 15.0. The molecule has 0 unspecified atom stereocenters. The van der Waals surface area contributed by atoms with E-state index in [0.29, 0.717) is 11.3 Å². The number of carbonyl (C=O) groups is 1. The lowest BCUT2D eigenvalue weighted by Gasteiger charge is -2.08. The second-order valence-electron chi connectivity index (χ2n) is 6.57. The Kier molecular flexibility index (Phi) is 4.72. The second kappa shape index (κ2) is 7.48. The zero-order chi connectivity index (χ0) is 19.5. The van der Waals surface area contributed by atoms with Gasteiger partial charge in [-0.15, -0.1) is 0 Å². The summed E-state index contributed by atoms with van der Waals surface area (Å²) >= 11 is 0. The number of nitrogens with zero attached hydrogens (tertiary/aromatic N) is 3. The Bertz CT molecular complexity index is 1070. The van der Waals surface area contributed by atoms with E-state index in [9.17, 15) is 14.9 Å². The van der Waals surface area contributed by atoms with Crippen LogP contribution in [0.5, 0.6) is 0 Å². The summed E-state index contributed by atoms with van der Waals surface area (Å²) in [6.45, 7) is 0.971. The van der Waals surface area contributed by atoms with Crippen LogP contribution in [0.25, 0.3) is 17.3 Å². The minimum Gasteiger partial charge on any atom is -0.328 e. The molecule has 7 heteroatoms. The lowest BCUT2D eigenvalue weighted by molar-refractivity contribution is -0.384. The summed E-state index contributed by atoms with van der Waals surface area (Å²) in [7, 11) is 0. The van der Waals surface area contributed by atoms with Crippen LogP contribution in [0.1, 0.15) is 17.8 Å². The Hall–Kier alpha value is -3.74. The van der Waals surface area contributed by atoms with Crippen molar-refractivity contribution in [2.45, 2.75) is 19.4 Å². The van der Waals surface area contributed by atoms with E-state index in [1.165, 1.54) is 18.2 Å². The van der Waals surface area contributed by atoms with Gasteiger partial charge in [-0.2, -0.15) is 0 Å². The van der Waals surface area contributed by atoms with Crippen molar-refractivity contribution in [2.24, 2.45) is 0 Å². The summed E-state index contributed by atoms with van der Waals surface area (Å²) in [4.78, 5) is 26.9. The van der Waals surface area contributed by atoms with Gasteiger partial charge in [0.15, 0.2) is 0 Å². The summed E-state index contributed by atoms with van der Waals surface area (Å²) in [5.41, 5.74) is 3.50. The number of anilines is 1. The molecule has 0 saturated carbocycles. The Morgan fingerprint density at radius 2 is 2.04 bits per heavy atom. The summed E-state index contributed by atoms with van der Waals surface area (Å²) in [5.74, 6) is 0.837. The Balaban J connectivity index is 1.45. The van der Waals surface area contributed by atoms with E-state index in [1.807, 2.05) is 30.5 Å². The molecule has 0 atom stereocenters. The normalized spacial score (nSPS) is 12.9. The average molecular weight is 374 g/mol.